The second-order valence-electron chi connectivity index (χ2n) is 4.86. The molecule has 19 heavy (non-hydrogen) atoms. The number of carboxylic acid groups (broad SMARTS) is 1. The van der Waals surface area contributed by atoms with Crippen molar-refractivity contribution in [2.75, 3.05) is 11.4 Å². The van der Waals surface area contributed by atoms with Crippen LogP contribution in [0, 0.1) is 0 Å². The Morgan fingerprint density at radius 2 is 2.26 bits per heavy atom. The smallest absolute Gasteiger partial charge is 0.337 e. The van der Waals surface area contributed by atoms with Gasteiger partial charge in [-0.05, 0) is 31.5 Å². The number of hydrogen-bond acceptors (Lipinski definition) is 3. The summed E-state index contributed by atoms with van der Waals surface area (Å²) in [7, 11) is 0. The summed E-state index contributed by atoms with van der Waals surface area (Å²) in [5.74, 6) is -0.981. The van der Waals surface area contributed by atoms with Gasteiger partial charge in [0, 0.05) is 24.2 Å². The molecule has 1 aliphatic rings. The predicted octanol–water partition coefficient (Wildman–Crippen LogP) is 3.19. The van der Waals surface area contributed by atoms with Crippen LogP contribution in [0.5, 0.6) is 0 Å². The van der Waals surface area contributed by atoms with E-state index < -0.39 is 5.97 Å². The van der Waals surface area contributed by atoms with Gasteiger partial charge in [-0.2, -0.15) is 0 Å². The molecule has 0 aliphatic carbocycles. The molecular weight excluding hydrogens is 264 g/mol. The molecule has 0 bridgehead atoms. The molecule has 0 amide bonds. The van der Waals surface area contributed by atoms with Gasteiger partial charge in [0.1, 0.15) is 0 Å². The quantitative estimate of drug-likeness (QED) is 0.915. The van der Waals surface area contributed by atoms with Crippen molar-refractivity contribution in [3.8, 4) is 0 Å². The molecule has 1 saturated heterocycles. The highest BCUT2D eigenvalue weighted by Gasteiger charge is 2.25. The van der Waals surface area contributed by atoms with Crippen LogP contribution >= 0.6 is 11.6 Å². The summed E-state index contributed by atoms with van der Waals surface area (Å²) < 4.78 is 0. The molecule has 1 aromatic heterocycles. The number of halogens is 1. The van der Waals surface area contributed by atoms with E-state index in [0.29, 0.717) is 11.1 Å². The highest BCUT2D eigenvalue weighted by molar-refractivity contribution is 6.34. The Kier molecular flexibility index (Phi) is 2.82. The fourth-order valence-corrected chi connectivity index (χ4v) is 2.63. The number of carboxylic acids is 1. The molecule has 1 aromatic carbocycles. The van der Waals surface area contributed by atoms with Gasteiger partial charge >= 0.3 is 5.97 Å². The summed E-state index contributed by atoms with van der Waals surface area (Å²) in [5.41, 5.74) is 1.92. The topological polar surface area (TPSA) is 53.4 Å². The third-order valence-corrected chi connectivity index (χ3v) is 3.93. The van der Waals surface area contributed by atoms with Crippen LogP contribution in [0.4, 0.5) is 5.69 Å². The standard InChI is InChI=1S/C14H13ClN2O2/c1-8-2-3-17(8)13-6-12-9(5-11(13)15)4-10(7-16-12)14(18)19/h4-8H,2-3H2,1H3,(H,18,19). The lowest BCUT2D eigenvalue weighted by Gasteiger charge is -2.41. The molecule has 1 N–H and O–H groups in total. The van der Waals surface area contributed by atoms with E-state index in [1.807, 2.05) is 6.07 Å². The summed E-state index contributed by atoms with van der Waals surface area (Å²) in [4.78, 5) is 17.4. The van der Waals surface area contributed by atoms with Gasteiger partial charge in [-0.1, -0.05) is 11.6 Å². The minimum absolute atomic E-state index is 0.175. The largest absolute Gasteiger partial charge is 0.478 e. The van der Waals surface area contributed by atoms with E-state index in [1.54, 1.807) is 12.1 Å². The summed E-state index contributed by atoms with van der Waals surface area (Å²) >= 11 is 6.29. The monoisotopic (exact) mass is 276 g/mol. The molecule has 0 saturated carbocycles. The van der Waals surface area contributed by atoms with E-state index in [9.17, 15) is 4.79 Å². The second-order valence-corrected chi connectivity index (χ2v) is 5.26. The maximum absolute atomic E-state index is 10.9. The molecule has 3 rings (SSSR count). The van der Waals surface area contributed by atoms with E-state index in [4.69, 9.17) is 16.7 Å². The van der Waals surface area contributed by atoms with Crippen molar-refractivity contribution in [3.63, 3.8) is 0 Å². The highest BCUT2D eigenvalue weighted by Crippen LogP contribution is 2.35. The first-order chi connectivity index (χ1) is 9.06. The normalized spacial score (nSPS) is 18.4. The number of pyridine rings is 1. The Bertz CT molecular complexity index is 672. The van der Waals surface area contributed by atoms with E-state index in [2.05, 4.69) is 16.8 Å². The van der Waals surface area contributed by atoms with Gasteiger partial charge in [-0.25, -0.2) is 4.79 Å². The van der Waals surface area contributed by atoms with Crippen molar-refractivity contribution in [3.05, 3.63) is 35.0 Å². The first kappa shape index (κ1) is 12.2. The molecule has 0 radical (unpaired) electrons. The van der Waals surface area contributed by atoms with Crippen LogP contribution in [0.25, 0.3) is 10.9 Å². The predicted molar refractivity (Wildman–Crippen MR) is 75.1 cm³/mol. The number of rotatable bonds is 2. The molecule has 1 atom stereocenters. The molecule has 5 heteroatoms. The zero-order valence-corrected chi connectivity index (χ0v) is 11.2. The van der Waals surface area contributed by atoms with E-state index in [0.717, 1.165) is 23.1 Å². The Balaban J connectivity index is 2.11. The second kappa shape index (κ2) is 4.38. The minimum atomic E-state index is -0.981. The minimum Gasteiger partial charge on any atom is -0.478 e. The Morgan fingerprint density at radius 1 is 1.47 bits per heavy atom. The number of benzene rings is 1. The third kappa shape index (κ3) is 2.02. The molecule has 1 aliphatic heterocycles. The Labute approximate surface area is 115 Å². The number of nitrogens with zero attached hydrogens (tertiary/aromatic N) is 2. The van der Waals surface area contributed by atoms with Crippen LogP contribution < -0.4 is 4.90 Å². The fourth-order valence-electron chi connectivity index (χ4n) is 2.35. The van der Waals surface area contributed by atoms with Crippen LogP contribution in [-0.4, -0.2) is 28.6 Å². The van der Waals surface area contributed by atoms with E-state index in [1.165, 1.54) is 12.6 Å². The summed E-state index contributed by atoms with van der Waals surface area (Å²) in [5, 5.41) is 10.4. The lowest BCUT2D eigenvalue weighted by atomic mass is 10.0. The zero-order valence-electron chi connectivity index (χ0n) is 10.4. The average molecular weight is 277 g/mol. The number of aromatic nitrogens is 1. The molecule has 4 nitrogen and oxygen atoms in total. The van der Waals surface area contributed by atoms with Crippen LogP contribution in [0.15, 0.2) is 24.4 Å². The molecule has 2 heterocycles. The van der Waals surface area contributed by atoms with Crippen molar-refractivity contribution in [1.82, 2.24) is 4.98 Å². The van der Waals surface area contributed by atoms with Gasteiger partial charge in [-0.3, -0.25) is 4.98 Å². The van der Waals surface area contributed by atoms with Gasteiger partial charge in [0.15, 0.2) is 0 Å². The maximum atomic E-state index is 10.9. The summed E-state index contributed by atoms with van der Waals surface area (Å²) in [6, 6.07) is 5.81. The molecular formula is C14H13ClN2O2. The van der Waals surface area contributed by atoms with Crippen LogP contribution in [0.1, 0.15) is 23.7 Å². The van der Waals surface area contributed by atoms with Crippen LogP contribution in [0.3, 0.4) is 0 Å². The molecule has 2 aromatic rings. The van der Waals surface area contributed by atoms with E-state index in [-0.39, 0.29) is 5.56 Å². The number of aromatic carboxylic acids is 1. The Morgan fingerprint density at radius 3 is 2.84 bits per heavy atom. The first-order valence-corrected chi connectivity index (χ1v) is 6.53. The van der Waals surface area contributed by atoms with Gasteiger partial charge < -0.3 is 10.0 Å². The fraction of sp³-hybridized carbons (Fsp3) is 0.286. The lowest BCUT2D eigenvalue weighted by molar-refractivity contribution is 0.0696. The highest BCUT2D eigenvalue weighted by atomic mass is 35.5. The number of hydrogen-bond donors (Lipinski definition) is 1. The van der Waals surface area contributed by atoms with Crippen molar-refractivity contribution >= 4 is 34.2 Å². The van der Waals surface area contributed by atoms with Crippen molar-refractivity contribution < 1.29 is 9.90 Å². The molecule has 0 spiro atoms. The average Bonchev–Trinajstić information content (AvgIpc) is 2.37. The van der Waals surface area contributed by atoms with Crippen LogP contribution in [-0.2, 0) is 0 Å². The van der Waals surface area contributed by atoms with Crippen molar-refractivity contribution in [2.45, 2.75) is 19.4 Å². The van der Waals surface area contributed by atoms with Gasteiger partial charge in [0.05, 0.1) is 21.8 Å². The molecule has 1 fully saturated rings. The maximum Gasteiger partial charge on any atom is 0.337 e. The molecule has 98 valence electrons. The van der Waals surface area contributed by atoms with Gasteiger partial charge in [0.25, 0.3) is 0 Å². The van der Waals surface area contributed by atoms with Crippen molar-refractivity contribution in [1.29, 1.82) is 0 Å². The van der Waals surface area contributed by atoms with Crippen LogP contribution in [0.2, 0.25) is 5.02 Å². The molecule has 1 unspecified atom stereocenters. The third-order valence-electron chi connectivity index (χ3n) is 3.63. The lowest BCUT2D eigenvalue weighted by Crippen LogP contribution is -2.45. The number of fused-ring (bicyclic) bond motifs is 1. The number of anilines is 1. The summed E-state index contributed by atoms with van der Waals surface area (Å²) in [6.07, 6.45) is 2.54. The zero-order chi connectivity index (χ0) is 13.6. The van der Waals surface area contributed by atoms with E-state index >= 15 is 0 Å². The van der Waals surface area contributed by atoms with Gasteiger partial charge in [0.2, 0.25) is 0 Å². The number of carbonyl (C=O) groups is 1. The van der Waals surface area contributed by atoms with Crippen molar-refractivity contribution in [2.24, 2.45) is 0 Å². The summed E-state index contributed by atoms with van der Waals surface area (Å²) in [6.45, 7) is 3.16. The Hall–Kier alpha value is -1.81. The first-order valence-electron chi connectivity index (χ1n) is 6.15. The SMILES string of the molecule is CC1CCN1c1cc2ncc(C(=O)O)cc2cc1Cl. The van der Waals surface area contributed by atoms with Gasteiger partial charge in [-0.15, -0.1) is 0 Å².